The number of carboxylic acids is 1. The highest BCUT2D eigenvalue weighted by Gasteiger charge is 2.14. The van der Waals surface area contributed by atoms with E-state index in [4.69, 9.17) is 5.11 Å². The van der Waals surface area contributed by atoms with Crippen LogP contribution in [0.15, 0.2) is 29.6 Å². The minimum atomic E-state index is -0.943. The molecule has 0 aliphatic heterocycles. The molecule has 0 spiro atoms. The van der Waals surface area contributed by atoms with Crippen LogP contribution < -0.4 is 0 Å². The fraction of sp³-hybridized carbons (Fsp3) is 0.143. The van der Waals surface area contributed by atoms with E-state index in [1.807, 2.05) is 13.2 Å². The first-order valence-electron chi connectivity index (χ1n) is 6.10. The van der Waals surface area contributed by atoms with Gasteiger partial charge in [0.05, 0.1) is 5.56 Å². The third-order valence-electron chi connectivity index (χ3n) is 3.07. The lowest BCUT2D eigenvalue weighted by Crippen LogP contribution is -1.97. The number of hydrogen-bond acceptors (Lipinski definition) is 6. The van der Waals surface area contributed by atoms with Crippen molar-refractivity contribution >= 4 is 39.4 Å². The van der Waals surface area contributed by atoms with Crippen molar-refractivity contribution in [1.82, 2.24) is 15.0 Å². The molecule has 0 amide bonds. The molecule has 0 radical (unpaired) electrons. The van der Waals surface area contributed by atoms with E-state index in [1.165, 1.54) is 29.4 Å². The van der Waals surface area contributed by atoms with Gasteiger partial charge in [-0.3, -0.25) is 0 Å². The molecule has 0 bridgehead atoms. The minimum absolute atomic E-state index is 0.256. The molecular weight excluding hydrogens is 306 g/mol. The van der Waals surface area contributed by atoms with Crippen LogP contribution in [0, 0.1) is 6.92 Å². The van der Waals surface area contributed by atoms with Gasteiger partial charge < -0.3 is 5.11 Å². The van der Waals surface area contributed by atoms with E-state index >= 15 is 0 Å². The van der Waals surface area contributed by atoms with Crippen LogP contribution in [0.1, 0.15) is 15.9 Å². The number of aromatic nitrogens is 3. The number of carboxylic acid groups (broad SMARTS) is 1. The van der Waals surface area contributed by atoms with Crippen molar-refractivity contribution in [3.05, 3.63) is 35.7 Å². The zero-order chi connectivity index (χ0) is 15.0. The fourth-order valence-electron chi connectivity index (χ4n) is 1.98. The Kier molecular flexibility index (Phi) is 3.60. The van der Waals surface area contributed by atoms with E-state index in [0.717, 1.165) is 31.5 Å². The number of aromatic carboxylic acids is 1. The van der Waals surface area contributed by atoms with Gasteiger partial charge in [0, 0.05) is 5.56 Å². The third kappa shape index (κ3) is 2.50. The summed E-state index contributed by atoms with van der Waals surface area (Å²) in [6.07, 6.45) is 3.47. The monoisotopic (exact) mass is 317 g/mol. The van der Waals surface area contributed by atoms with Gasteiger partial charge in [-0.25, -0.2) is 19.7 Å². The summed E-state index contributed by atoms with van der Waals surface area (Å²) in [5.74, 6) is -0.943. The van der Waals surface area contributed by atoms with Gasteiger partial charge in [0.15, 0.2) is 0 Å². The van der Waals surface area contributed by atoms with E-state index in [2.05, 4.69) is 15.0 Å². The Balaban J connectivity index is 2.21. The Bertz CT molecular complexity index is 845. The maximum atomic E-state index is 11.1. The summed E-state index contributed by atoms with van der Waals surface area (Å²) in [6, 6.07) is 5.05. The van der Waals surface area contributed by atoms with Crippen molar-refractivity contribution in [3.63, 3.8) is 0 Å². The lowest BCUT2D eigenvalue weighted by molar-refractivity contribution is 0.0697. The number of thioether (sulfide) groups is 1. The third-order valence-corrected chi connectivity index (χ3v) is 4.75. The first-order valence-corrected chi connectivity index (χ1v) is 8.14. The zero-order valence-electron chi connectivity index (χ0n) is 11.3. The van der Waals surface area contributed by atoms with Gasteiger partial charge in [0.25, 0.3) is 0 Å². The summed E-state index contributed by atoms with van der Waals surface area (Å²) in [4.78, 5) is 25.0. The molecule has 2 aromatic heterocycles. The molecule has 1 aromatic carbocycles. The molecule has 0 saturated heterocycles. The summed E-state index contributed by atoms with van der Waals surface area (Å²) >= 11 is 2.96. The number of benzene rings is 1. The summed E-state index contributed by atoms with van der Waals surface area (Å²) in [7, 11) is 0. The number of thiazole rings is 1. The van der Waals surface area contributed by atoms with E-state index < -0.39 is 5.97 Å². The van der Waals surface area contributed by atoms with Gasteiger partial charge in [-0.1, -0.05) is 17.4 Å². The normalized spacial score (nSPS) is 11.0. The van der Waals surface area contributed by atoms with Crippen LogP contribution in [0.4, 0.5) is 0 Å². The number of nitrogens with zero attached hydrogens (tertiary/aromatic N) is 3. The Hall–Kier alpha value is -1.99. The molecule has 2 heterocycles. The van der Waals surface area contributed by atoms with Crippen LogP contribution in [0.2, 0.25) is 0 Å². The number of fused-ring (bicyclic) bond motifs is 1. The number of hydrogen-bond donors (Lipinski definition) is 1. The molecule has 0 unspecified atom stereocenters. The van der Waals surface area contributed by atoms with Crippen LogP contribution in [-0.2, 0) is 0 Å². The fourth-order valence-corrected chi connectivity index (χ4v) is 3.53. The van der Waals surface area contributed by atoms with Gasteiger partial charge in [0.2, 0.25) is 0 Å². The Morgan fingerprint density at radius 3 is 2.86 bits per heavy atom. The first kappa shape index (κ1) is 14.0. The second-order valence-electron chi connectivity index (χ2n) is 4.39. The van der Waals surface area contributed by atoms with Gasteiger partial charge in [-0.05, 0) is 30.9 Å². The van der Waals surface area contributed by atoms with E-state index in [9.17, 15) is 4.79 Å². The van der Waals surface area contributed by atoms with Crippen molar-refractivity contribution in [2.45, 2.75) is 11.9 Å². The molecule has 0 atom stereocenters. The molecule has 0 fully saturated rings. The molecule has 1 N–H and O–H groups in total. The molecule has 21 heavy (non-hydrogen) atoms. The lowest BCUT2D eigenvalue weighted by Gasteiger charge is -2.03. The van der Waals surface area contributed by atoms with Crippen LogP contribution in [0.5, 0.6) is 0 Å². The number of rotatable bonds is 3. The highest BCUT2D eigenvalue weighted by atomic mass is 32.2. The molecule has 0 aliphatic carbocycles. The molecule has 5 nitrogen and oxygen atoms in total. The summed E-state index contributed by atoms with van der Waals surface area (Å²) in [5.41, 5.74) is 2.83. The van der Waals surface area contributed by atoms with E-state index in [0.29, 0.717) is 0 Å². The number of carbonyl (C=O) groups is 1. The predicted molar refractivity (Wildman–Crippen MR) is 84.1 cm³/mol. The Morgan fingerprint density at radius 1 is 1.33 bits per heavy atom. The summed E-state index contributed by atoms with van der Waals surface area (Å²) < 4.78 is 0. The highest BCUT2D eigenvalue weighted by Crippen LogP contribution is 2.34. The highest BCUT2D eigenvalue weighted by molar-refractivity contribution is 7.98. The topological polar surface area (TPSA) is 76.0 Å². The van der Waals surface area contributed by atoms with Crippen LogP contribution in [0.25, 0.3) is 20.9 Å². The van der Waals surface area contributed by atoms with Crippen LogP contribution in [0.3, 0.4) is 0 Å². The van der Waals surface area contributed by atoms with E-state index in [1.54, 1.807) is 18.2 Å². The zero-order valence-corrected chi connectivity index (χ0v) is 13.0. The molecular formula is C14H11N3O2S2. The molecule has 0 saturated carbocycles. The first-order chi connectivity index (χ1) is 10.1. The SMILES string of the molecule is CSc1ncnc2sc(-c3cc(C(=O)O)ccc3C)nc12. The smallest absolute Gasteiger partial charge is 0.335 e. The van der Waals surface area contributed by atoms with Crippen molar-refractivity contribution in [2.24, 2.45) is 0 Å². The van der Waals surface area contributed by atoms with Crippen molar-refractivity contribution in [3.8, 4) is 10.6 Å². The van der Waals surface area contributed by atoms with Gasteiger partial charge >= 0.3 is 5.97 Å². The maximum absolute atomic E-state index is 11.1. The molecule has 106 valence electrons. The molecule has 3 aromatic rings. The van der Waals surface area contributed by atoms with Crippen LogP contribution >= 0.6 is 23.1 Å². The average molecular weight is 317 g/mol. The van der Waals surface area contributed by atoms with Crippen molar-refractivity contribution < 1.29 is 9.90 Å². The largest absolute Gasteiger partial charge is 0.478 e. The molecule has 7 heteroatoms. The van der Waals surface area contributed by atoms with Gasteiger partial charge in [-0.2, -0.15) is 0 Å². The predicted octanol–water partition coefficient (Wildman–Crippen LogP) is 3.48. The number of aryl methyl sites for hydroxylation is 1. The summed E-state index contributed by atoms with van der Waals surface area (Å²) in [5, 5.41) is 10.7. The molecule has 0 aliphatic rings. The minimum Gasteiger partial charge on any atom is -0.478 e. The van der Waals surface area contributed by atoms with Gasteiger partial charge in [-0.15, -0.1) is 11.8 Å². The Morgan fingerprint density at radius 2 is 2.14 bits per heavy atom. The Labute approximate surface area is 129 Å². The van der Waals surface area contributed by atoms with Gasteiger partial charge in [0.1, 0.15) is 26.7 Å². The maximum Gasteiger partial charge on any atom is 0.335 e. The van der Waals surface area contributed by atoms with Crippen molar-refractivity contribution in [2.75, 3.05) is 6.26 Å². The van der Waals surface area contributed by atoms with Crippen molar-refractivity contribution in [1.29, 1.82) is 0 Å². The van der Waals surface area contributed by atoms with E-state index in [-0.39, 0.29) is 5.56 Å². The van der Waals surface area contributed by atoms with Crippen LogP contribution in [-0.4, -0.2) is 32.3 Å². The molecule has 3 rings (SSSR count). The average Bonchev–Trinajstić information content (AvgIpc) is 2.90. The quantitative estimate of drug-likeness (QED) is 0.589. The second-order valence-corrected chi connectivity index (χ2v) is 6.16. The second kappa shape index (κ2) is 5.42. The lowest BCUT2D eigenvalue weighted by atomic mass is 10.1. The summed E-state index contributed by atoms with van der Waals surface area (Å²) in [6.45, 7) is 1.94. The standard InChI is InChI=1S/C14H11N3O2S2/c1-7-3-4-8(14(18)19)5-9(7)11-17-10-12(20-2)15-6-16-13(10)21-11/h3-6H,1-2H3,(H,18,19).